The van der Waals surface area contributed by atoms with Crippen LogP contribution in [0.4, 0.5) is 34.1 Å². The number of hydrogen-bond donors (Lipinski definition) is 0. The zero-order valence-electron chi connectivity index (χ0n) is 33.6. The molecule has 0 bridgehead atoms. The highest BCUT2D eigenvalue weighted by atomic mass is 15.2. The van der Waals surface area contributed by atoms with Crippen molar-refractivity contribution in [1.29, 1.82) is 0 Å². The molecular formula is C58H36N4. The van der Waals surface area contributed by atoms with Crippen LogP contribution in [-0.4, -0.2) is 8.80 Å². The summed E-state index contributed by atoms with van der Waals surface area (Å²) in [4.78, 5) is 5.01. The van der Waals surface area contributed by atoms with Crippen LogP contribution in [0.3, 0.4) is 0 Å². The minimum Gasteiger partial charge on any atom is -0.309 e. The van der Waals surface area contributed by atoms with Gasteiger partial charge in [-0.15, -0.1) is 0 Å². The maximum atomic E-state index is 2.54. The van der Waals surface area contributed by atoms with Crippen molar-refractivity contribution in [2.45, 2.75) is 0 Å². The number of rotatable bonds is 6. The normalized spacial score (nSPS) is 12.2. The Kier molecular flexibility index (Phi) is 6.80. The van der Waals surface area contributed by atoms with Crippen LogP contribution in [0.15, 0.2) is 218 Å². The summed E-state index contributed by atoms with van der Waals surface area (Å²) in [6, 6.07) is 80.2. The lowest BCUT2D eigenvalue weighted by atomic mass is 9.95. The van der Waals surface area contributed by atoms with Gasteiger partial charge in [-0.1, -0.05) is 146 Å². The van der Waals surface area contributed by atoms with Crippen LogP contribution in [0.2, 0.25) is 0 Å². The third-order valence-corrected chi connectivity index (χ3v) is 13.3. The summed E-state index contributed by atoms with van der Waals surface area (Å²) in [6.07, 6.45) is 0. The Balaban J connectivity index is 1.31. The largest absolute Gasteiger partial charge is 0.309 e. The highest BCUT2D eigenvalue weighted by Gasteiger charge is 2.31. The summed E-state index contributed by atoms with van der Waals surface area (Å²) in [7, 11) is 0. The Bertz CT molecular complexity index is 3680. The van der Waals surface area contributed by atoms with Crippen molar-refractivity contribution in [2.24, 2.45) is 0 Å². The van der Waals surface area contributed by atoms with Crippen LogP contribution < -0.4 is 9.80 Å². The Labute approximate surface area is 356 Å². The van der Waals surface area contributed by atoms with Gasteiger partial charge in [0.15, 0.2) is 0 Å². The van der Waals surface area contributed by atoms with E-state index in [2.05, 4.69) is 237 Å². The van der Waals surface area contributed by atoms with Crippen molar-refractivity contribution >= 4 is 121 Å². The second kappa shape index (κ2) is 12.6. The Hall–Kier alpha value is -8.34. The van der Waals surface area contributed by atoms with Gasteiger partial charge in [-0.3, -0.25) is 0 Å². The van der Waals surface area contributed by atoms with Gasteiger partial charge in [-0.25, -0.2) is 0 Å². The first-order valence-electron chi connectivity index (χ1n) is 21.4. The van der Waals surface area contributed by atoms with Gasteiger partial charge in [0.2, 0.25) is 0 Å². The number of nitrogens with zero attached hydrogens (tertiary/aromatic N) is 4. The van der Waals surface area contributed by atoms with Crippen molar-refractivity contribution in [3.05, 3.63) is 218 Å². The average molecular weight is 789 g/mol. The Morgan fingerprint density at radius 1 is 0.242 bits per heavy atom. The van der Waals surface area contributed by atoms with E-state index in [1.54, 1.807) is 0 Å². The van der Waals surface area contributed by atoms with E-state index in [1.807, 2.05) is 0 Å². The Morgan fingerprint density at radius 2 is 0.548 bits per heavy atom. The first-order chi connectivity index (χ1) is 30.8. The average Bonchev–Trinajstić information content (AvgIpc) is 4.07. The van der Waals surface area contributed by atoms with Gasteiger partial charge in [-0.05, 0) is 72.8 Å². The molecule has 4 aromatic heterocycles. The van der Waals surface area contributed by atoms with Crippen molar-refractivity contribution in [3.63, 3.8) is 0 Å². The van der Waals surface area contributed by atoms with Crippen LogP contribution in [0.1, 0.15) is 0 Å². The maximum absolute atomic E-state index is 2.54. The third-order valence-electron chi connectivity index (χ3n) is 13.3. The minimum absolute atomic E-state index is 1.10. The summed E-state index contributed by atoms with van der Waals surface area (Å²) in [5.74, 6) is 0. The molecule has 0 aliphatic carbocycles. The molecule has 62 heavy (non-hydrogen) atoms. The number of para-hydroxylation sites is 8. The monoisotopic (exact) mass is 788 g/mol. The number of hydrogen-bond acceptors (Lipinski definition) is 2. The van der Waals surface area contributed by atoms with E-state index in [4.69, 9.17) is 0 Å². The van der Waals surface area contributed by atoms with E-state index in [1.165, 1.54) is 87.0 Å². The van der Waals surface area contributed by atoms with Crippen molar-refractivity contribution in [1.82, 2.24) is 8.80 Å². The lowest BCUT2D eigenvalue weighted by Gasteiger charge is -2.31. The lowest BCUT2D eigenvalue weighted by Crippen LogP contribution is -2.13. The molecule has 4 heterocycles. The molecule has 14 aromatic rings. The van der Waals surface area contributed by atoms with Crippen LogP contribution >= 0.6 is 0 Å². The van der Waals surface area contributed by atoms with Crippen LogP contribution in [0.25, 0.3) is 87.0 Å². The van der Waals surface area contributed by atoms with Crippen molar-refractivity contribution < 1.29 is 0 Å². The molecular weight excluding hydrogens is 753 g/mol. The quantitative estimate of drug-likeness (QED) is 0.167. The van der Waals surface area contributed by atoms with Crippen LogP contribution in [-0.2, 0) is 0 Å². The highest BCUT2D eigenvalue weighted by Crippen LogP contribution is 2.55. The third kappa shape index (κ3) is 4.40. The molecule has 0 saturated heterocycles. The van der Waals surface area contributed by atoms with Gasteiger partial charge in [-0.2, -0.15) is 0 Å². The predicted molar refractivity (Wildman–Crippen MR) is 263 cm³/mol. The fourth-order valence-corrected chi connectivity index (χ4v) is 10.9. The molecule has 288 valence electrons. The van der Waals surface area contributed by atoms with Gasteiger partial charge in [0.1, 0.15) is 0 Å². The molecule has 0 unspecified atom stereocenters. The maximum Gasteiger partial charge on any atom is 0.0641 e. The van der Waals surface area contributed by atoms with Gasteiger partial charge in [0.25, 0.3) is 0 Å². The fourth-order valence-electron chi connectivity index (χ4n) is 10.9. The second-order valence-electron chi connectivity index (χ2n) is 16.5. The van der Waals surface area contributed by atoms with E-state index < -0.39 is 0 Å². The number of fused-ring (bicyclic) bond motifs is 13. The standard InChI is InChI=1S/C58H36N4/c1-5-19-37(20-6-1)59(38-21-7-2-8-22-38)57-47-35-52-54(46-32-18-30-44-42-28-14-16-34-50(42)62(52)56(44)46)58(60(39-23-9-3-10-24-39)40-25-11-4-12-26-40)48(47)36-51-53(57)45-31-17-29-43-41-27-13-15-33-49(41)61(51)55(43)45/h1-36H. The predicted octanol–water partition coefficient (Wildman–Crippen LogP) is 16.1. The van der Waals surface area contributed by atoms with Gasteiger partial charge in [0.05, 0.1) is 44.5 Å². The zero-order valence-corrected chi connectivity index (χ0v) is 33.6. The molecule has 4 heteroatoms. The molecule has 4 nitrogen and oxygen atoms in total. The fraction of sp³-hybridized carbons (Fsp3) is 0. The zero-order chi connectivity index (χ0) is 40.5. The molecule has 0 amide bonds. The van der Waals surface area contributed by atoms with Crippen molar-refractivity contribution in [3.8, 4) is 0 Å². The van der Waals surface area contributed by atoms with E-state index in [9.17, 15) is 0 Å². The first kappa shape index (κ1) is 33.5. The topological polar surface area (TPSA) is 15.3 Å². The van der Waals surface area contributed by atoms with Gasteiger partial charge < -0.3 is 18.6 Å². The molecule has 0 radical (unpaired) electrons. The molecule has 0 aliphatic rings. The summed E-state index contributed by atoms with van der Waals surface area (Å²) in [5.41, 5.74) is 14.0. The molecule has 0 spiro atoms. The van der Waals surface area contributed by atoms with Crippen LogP contribution in [0, 0.1) is 0 Å². The summed E-state index contributed by atoms with van der Waals surface area (Å²) < 4.78 is 5.08. The summed E-state index contributed by atoms with van der Waals surface area (Å²) in [6.45, 7) is 0. The van der Waals surface area contributed by atoms with Gasteiger partial charge in [0, 0.05) is 76.6 Å². The second-order valence-corrected chi connectivity index (χ2v) is 16.5. The van der Waals surface area contributed by atoms with E-state index in [-0.39, 0.29) is 0 Å². The van der Waals surface area contributed by atoms with Gasteiger partial charge >= 0.3 is 0 Å². The Morgan fingerprint density at radius 3 is 0.919 bits per heavy atom. The van der Waals surface area contributed by atoms with Crippen LogP contribution in [0.5, 0.6) is 0 Å². The van der Waals surface area contributed by atoms with E-state index in [0.717, 1.165) is 34.1 Å². The molecule has 0 fully saturated rings. The molecule has 10 aromatic carbocycles. The molecule has 0 aliphatic heterocycles. The molecule has 0 N–H and O–H groups in total. The molecule has 0 saturated carbocycles. The number of anilines is 6. The first-order valence-corrected chi connectivity index (χ1v) is 21.4. The number of benzene rings is 10. The lowest BCUT2D eigenvalue weighted by molar-refractivity contribution is 1.29. The smallest absolute Gasteiger partial charge is 0.0641 e. The summed E-state index contributed by atoms with van der Waals surface area (Å²) in [5, 5.41) is 12.4. The van der Waals surface area contributed by atoms with Crippen molar-refractivity contribution in [2.75, 3.05) is 9.80 Å². The minimum atomic E-state index is 1.10. The molecule has 14 rings (SSSR count). The highest BCUT2D eigenvalue weighted by molar-refractivity contribution is 6.35. The van der Waals surface area contributed by atoms with E-state index >= 15 is 0 Å². The molecule has 0 atom stereocenters. The number of aromatic nitrogens is 2. The SMILES string of the molecule is c1ccc(N(c2ccccc2)c2c3cc4c(c(N(c5ccccc5)c5ccccc5)c3cc3c2c2cccc5c6ccccc6n3c52)c2cccc3c5ccccc5n4c32)cc1. The summed E-state index contributed by atoms with van der Waals surface area (Å²) >= 11 is 0. The van der Waals surface area contributed by atoms with E-state index in [0.29, 0.717) is 0 Å².